The Morgan fingerprint density at radius 1 is 1.03 bits per heavy atom. The minimum Gasteiger partial charge on any atom is -0.467 e. The smallest absolute Gasteiger partial charge is 0.293 e. The van der Waals surface area contributed by atoms with Gasteiger partial charge in [-0.2, -0.15) is 0 Å². The molecule has 68 heavy (non-hydrogen) atoms. The van der Waals surface area contributed by atoms with Crippen molar-refractivity contribution in [3.05, 3.63) is 90.3 Å². The van der Waals surface area contributed by atoms with Gasteiger partial charge < -0.3 is 29.1 Å². The normalized spacial score (nSPS) is 16.8. The summed E-state index contributed by atoms with van der Waals surface area (Å²) < 4.78 is 47.3. The van der Waals surface area contributed by atoms with E-state index in [4.69, 9.17) is 9.47 Å². The number of amides is 3. The molecule has 4 atom stereocenters. The molecular weight excluding hydrogens is 873 g/mol. The van der Waals surface area contributed by atoms with Crippen molar-refractivity contribution in [3.8, 4) is 22.4 Å². The lowest BCUT2D eigenvalue weighted by molar-refractivity contribution is -0.154. The lowest BCUT2D eigenvalue weighted by Gasteiger charge is -2.34. The molecular formula is C52H69F2N7O7. The maximum absolute atomic E-state index is 17.4. The fourth-order valence-corrected chi connectivity index (χ4v) is 9.18. The van der Waals surface area contributed by atoms with Crippen molar-refractivity contribution in [1.29, 1.82) is 0 Å². The molecule has 0 spiro atoms. The molecule has 16 heteroatoms. The Kier molecular flexibility index (Phi) is 18.3. The highest BCUT2D eigenvalue weighted by molar-refractivity contribution is 5.96. The van der Waals surface area contributed by atoms with E-state index < -0.39 is 36.1 Å². The number of methoxy groups -OCH3 is 1. The highest BCUT2D eigenvalue weighted by Crippen LogP contribution is 2.53. The van der Waals surface area contributed by atoms with Gasteiger partial charge in [-0.25, -0.2) is 14.2 Å². The Hall–Kier alpha value is -5.84. The lowest BCUT2D eigenvalue weighted by Crippen LogP contribution is -2.58. The van der Waals surface area contributed by atoms with Crippen LogP contribution in [-0.2, 0) is 52.3 Å². The van der Waals surface area contributed by atoms with Gasteiger partial charge >= 0.3 is 0 Å². The molecule has 2 saturated heterocycles. The molecule has 0 saturated carbocycles. The minimum atomic E-state index is -3.50. The number of halogens is 2. The molecule has 14 nitrogen and oxygen atoms in total. The molecule has 0 bridgehead atoms. The number of likely N-dealkylation sites (N-methyl/N-ethyl adjacent to an activating group) is 1. The molecule has 4 heterocycles. The molecule has 0 radical (unpaired) electrons. The highest BCUT2D eigenvalue weighted by Gasteiger charge is 2.52. The first-order valence-electron chi connectivity index (χ1n) is 23.4. The van der Waals surface area contributed by atoms with Crippen LogP contribution in [0.4, 0.5) is 8.78 Å². The van der Waals surface area contributed by atoms with E-state index in [0.717, 1.165) is 36.7 Å². The number of rotatable bonds is 19. The second-order valence-corrected chi connectivity index (χ2v) is 18.8. The summed E-state index contributed by atoms with van der Waals surface area (Å²) in [6.07, 6.45) is 6.17. The summed E-state index contributed by atoms with van der Waals surface area (Å²) >= 11 is 0. The van der Waals surface area contributed by atoms with Crippen LogP contribution < -0.4 is 10.7 Å². The number of carbonyl (C=O) groups excluding carboxylic acids is 5. The van der Waals surface area contributed by atoms with Crippen LogP contribution in [0.2, 0.25) is 0 Å². The third-order valence-corrected chi connectivity index (χ3v) is 12.9. The summed E-state index contributed by atoms with van der Waals surface area (Å²) in [7, 11) is 5.25. The van der Waals surface area contributed by atoms with Crippen LogP contribution in [0, 0.1) is 17.3 Å². The second-order valence-electron chi connectivity index (χ2n) is 18.8. The monoisotopic (exact) mass is 942 g/mol. The van der Waals surface area contributed by atoms with Crippen molar-refractivity contribution in [1.82, 2.24) is 35.1 Å². The summed E-state index contributed by atoms with van der Waals surface area (Å²) in [5, 5.41) is 5.01. The molecule has 2 aliphatic rings. The minimum absolute atomic E-state index is 0.0127. The quantitative estimate of drug-likeness (QED) is 0.0721. The standard InChI is InChI=1S/C44H58F2N6O5.C8H11NO2/c1-10-51-36-19-18-32(25-34(36)37(44(45,46)43(5,6)26-57-27-53)40(51)33-17-14-20-47-38(33)29(4)56-9)31-16-13-15-30(23-31)24-35(42(55)52-22-12-11-21-48-52)49-41(54)39(28(2)3)50(7)8;1-2-8(11)9-4-3-7(5-9)6-10/h13-20,23,25,27-29,35,39,48H,10-12,21-22,24,26H2,1-9H3,(H,49,54);2,6-7H,1,3-5H2. The Labute approximate surface area is 399 Å². The van der Waals surface area contributed by atoms with Crippen molar-refractivity contribution < 1.29 is 42.2 Å². The number of hydrogen-bond acceptors (Lipinski definition) is 10. The van der Waals surface area contributed by atoms with Crippen molar-refractivity contribution in [3.63, 3.8) is 0 Å². The van der Waals surface area contributed by atoms with E-state index >= 15 is 8.78 Å². The predicted molar refractivity (Wildman–Crippen MR) is 259 cm³/mol. The molecule has 2 aliphatic heterocycles. The fraction of sp³-hybridized carbons (Fsp3) is 0.500. The zero-order chi connectivity index (χ0) is 49.9. The maximum Gasteiger partial charge on any atom is 0.293 e. The van der Waals surface area contributed by atoms with E-state index in [1.165, 1.54) is 19.9 Å². The number of hydrazine groups is 1. The number of carbonyl (C=O) groups is 5. The van der Waals surface area contributed by atoms with Crippen LogP contribution >= 0.6 is 0 Å². The van der Waals surface area contributed by atoms with Crippen molar-refractivity contribution in [2.45, 2.75) is 97.9 Å². The lowest BCUT2D eigenvalue weighted by atomic mass is 9.80. The number of benzene rings is 2. The highest BCUT2D eigenvalue weighted by atomic mass is 19.3. The Bertz CT molecular complexity index is 2400. The number of nitrogens with one attached hydrogen (secondary N) is 2. The van der Waals surface area contributed by atoms with Gasteiger partial charge in [-0.05, 0) is 100 Å². The van der Waals surface area contributed by atoms with Gasteiger partial charge in [-0.1, -0.05) is 64.6 Å². The molecule has 2 aromatic heterocycles. The number of nitrogens with zero attached hydrogens (tertiary/aromatic N) is 5. The summed E-state index contributed by atoms with van der Waals surface area (Å²) in [6, 6.07) is 15.4. The molecule has 2 N–H and O–H groups in total. The van der Waals surface area contributed by atoms with Crippen LogP contribution in [-0.4, -0.2) is 121 Å². The molecule has 2 fully saturated rings. The first kappa shape index (κ1) is 53.1. The van der Waals surface area contributed by atoms with Crippen LogP contribution in [0.25, 0.3) is 33.3 Å². The van der Waals surface area contributed by atoms with Gasteiger partial charge in [0.2, 0.25) is 11.8 Å². The largest absolute Gasteiger partial charge is 0.467 e. The number of fused-ring (bicyclic) bond motifs is 1. The predicted octanol–water partition coefficient (Wildman–Crippen LogP) is 7.35. The zero-order valence-corrected chi connectivity index (χ0v) is 41.0. The van der Waals surface area contributed by atoms with E-state index in [-0.39, 0.29) is 48.0 Å². The van der Waals surface area contributed by atoms with E-state index in [1.807, 2.05) is 87.7 Å². The van der Waals surface area contributed by atoms with Crippen LogP contribution in [0.5, 0.6) is 0 Å². The van der Waals surface area contributed by atoms with Crippen LogP contribution in [0.15, 0.2) is 73.4 Å². The van der Waals surface area contributed by atoms with Crippen LogP contribution in [0.3, 0.4) is 0 Å². The van der Waals surface area contributed by atoms with Gasteiger partial charge in [0.25, 0.3) is 18.3 Å². The molecule has 3 amide bonds. The number of aryl methyl sites for hydroxylation is 1. The number of pyridine rings is 1. The summed E-state index contributed by atoms with van der Waals surface area (Å²) in [4.78, 5) is 68.2. The van der Waals surface area contributed by atoms with E-state index in [2.05, 4.69) is 22.3 Å². The molecule has 0 aliphatic carbocycles. The molecule has 4 unspecified atom stereocenters. The molecule has 6 rings (SSSR count). The van der Waals surface area contributed by atoms with Gasteiger partial charge in [0, 0.05) is 74.8 Å². The molecule has 2 aromatic carbocycles. The van der Waals surface area contributed by atoms with Gasteiger partial charge in [0.15, 0.2) is 0 Å². The topological polar surface area (TPSA) is 155 Å². The van der Waals surface area contributed by atoms with E-state index in [9.17, 15) is 24.0 Å². The Morgan fingerprint density at radius 2 is 1.76 bits per heavy atom. The Balaban J connectivity index is 0.000000689. The van der Waals surface area contributed by atoms with Crippen molar-refractivity contribution in [2.75, 3.05) is 54.0 Å². The van der Waals surface area contributed by atoms with Gasteiger partial charge in [-0.3, -0.25) is 34.1 Å². The first-order valence-corrected chi connectivity index (χ1v) is 23.4. The number of hydrogen-bond donors (Lipinski definition) is 2. The van der Waals surface area contributed by atoms with Gasteiger partial charge in [0.05, 0.1) is 34.5 Å². The van der Waals surface area contributed by atoms with Crippen molar-refractivity contribution in [2.24, 2.45) is 17.3 Å². The van der Waals surface area contributed by atoms with E-state index in [1.54, 1.807) is 41.4 Å². The fourth-order valence-electron chi connectivity index (χ4n) is 9.18. The first-order chi connectivity index (χ1) is 32.3. The molecule has 4 aromatic rings. The number of likely N-dealkylation sites (tertiary alicyclic amines) is 1. The maximum atomic E-state index is 17.4. The number of aldehydes is 1. The number of ether oxygens (including phenoxy) is 2. The molecule has 368 valence electrons. The third-order valence-electron chi connectivity index (χ3n) is 12.9. The average molecular weight is 942 g/mol. The average Bonchev–Trinajstić information content (AvgIpc) is 3.96. The van der Waals surface area contributed by atoms with Gasteiger partial charge in [0.1, 0.15) is 18.9 Å². The Morgan fingerprint density at radius 3 is 2.37 bits per heavy atom. The second kappa shape index (κ2) is 23.4. The van der Waals surface area contributed by atoms with Crippen molar-refractivity contribution >= 4 is 41.4 Å². The van der Waals surface area contributed by atoms with Gasteiger partial charge in [-0.15, -0.1) is 0 Å². The summed E-state index contributed by atoms with van der Waals surface area (Å²) in [6.45, 7) is 16.4. The summed E-state index contributed by atoms with van der Waals surface area (Å²) in [5.41, 5.74) is 5.40. The zero-order valence-electron chi connectivity index (χ0n) is 41.0. The summed E-state index contributed by atoms with van der Waals surface area (Å²) in [5.74, 6) is -3.96. The SMILES string of the molecule is C=CC(=O)N1CCC(C=O)C1.CCn1c(-c2cccnc2C(C)OC)c(C(F)(F)C(C)(C)COC=O)c2cc(-c3cccc(CC(NC(=O)C(C(C)C)N(C)C)C(=O)N4CCCCN4)c3)ccc21. The third kappa shape index (κ3) is 11.9. The van der Waals surface area contributed by atoms with Crippen LogP contribution in [0.1, 0.15) is 83.7 Å². The number of aromatic nitrogens is 2. The number of alkyl halides is 2. The van der Waals surface area contributed by atoms with E-state index in [0.29, 0.717) is 66.1 Å².